The minimum atomic E-state index is -0.951. The Morgan fingerprint density at radius 1 is 1.00 bits per heavy atom. The number of carbonyl (C=O) groups excluding carboxylic acids is 1. The molecule has 0 saturated heterocycles. The van der Waals surface area contributed by atoms with Gasteiger partial charge in [0.2, 0.25) is 0 Å². The fraction of sp³-hybridized carbons (Fsp3) is 0.818. The van der Waals surface area contributed by atoms with Gasteiger partial charge in [0, 0.05) is 0 Å². The lowest BCUT2D eigenvalue weighted by Gasteiger charge is -2.21. The van der Waals surface area contributed by atoms with Crippen molar-refractivity contribution in [3.8, 4) is 0 Å². The van der Waals surface area contributed by atoms with Gasteiger partial charge in [0.05, 0.1) is 11.8 Å². The number of carbonyl (C=O) groups is 2. The first-order valence-corrected chi connectivity index (χ1v) is 5.20. The second kappa shape index (κ2) is 5.73. The van der Waals surface area contributed by atoms with Crippen LogP contribution in [0.15, 0.2) is 0 Å². The number of carboxylic acids is 1. The molecule has 3 atom stereocenters. The first-order valence-electron chi connectivity index (χ1n) is 5.20. The van der Waals surface area contributed by atoms with Crippen molar-refractivity contribution in [1.29, 1.82) is 0 Å². The summed E-state index contributed by atoms with van der Waals surface area (Å²) < 4.78 is 5.08. The summed E-state index contributed by atoms with van der Waals surface area (Å²) in [5.74, 6) is -1.95. The zero-order valence-corrected chi connectivity index (χ0v) is 9.98. The molecule has 0 radical (unpaired) electrons. The highest BCUT2D eigenvalue weighted by Gasteiger charge is 2.26. The average molecular weight is 216 g/mol. The lowest BCUT2D eigenvalue weighted by Crippen LogP contribution is -2.31. The molecule has 0 saturated carbocycles. The molecule has 4 nitrogen and oxygen atoms in total. The molecule has 1 N–H and O–H groups in total. The molecule has 0 rings (SSSR count). The lowest BCUT2D eigenvalue weighted by atomic mass is 9.98. The van der Waals surface area contributed by atoms with Gasteiger partial charge < -0.3 is 9.84 Å². The Kier molecular flexibility index (Phi) is 5.33. The molecule has 0 aromatic rings. The standard InChI is InChI=1S/C11H20O4/c1-6(2)7(3)11(14)15-9(5)8(4)10(12)13/h6-9H,1-5H3,(H,12,13). The highest BCUT2D eigenvalue weighted by atomic mass is 16.5. The lowest BCUT2D eigenvalue weighted by molar-refractivity contribution is -0.160. The molecular weight excluding hydrogens is 196 g/mol. The zero-order chi connectivity index (χ0) is 12.2. The van der Waals surface area contributed by atoms with Gasteiger partial charge in [-0.2, -0.15) is 0 Å². The molecule has 0 bridgehead atoms. The van der Waals surface area contributed by atoms with E-state index < -0.39 is 18.0 Å². The molecule has 0 amide bonds. The maximum absolute atomic E-state index is 11.5. The van der Waals surface area contributed by atoms with E-state index in [0.717, 1.165) is 0 Å². The molecule has 88 valence electrons. The number of hydrogen-bond donors (Lipinski definition) is 1. The number of ether oxygens (including phenoxy) is 1. The van der Waals surface area contributed by atoms with Crippen LogP contribution in [0.3, 0.4) is 0 Å². The molecule has 0 heterocycles. The SMILES string of the molecule is CC(C)C(C)C(=O)OC(C)C(C)C(=O)O. The van der Waals surface area contributed by atoms with Crippen molar-refractivity contribution in [2.45, 2.75) is 40.7 Å². The number of carboxylic acid groups (broad SMARTS) is 1. The van der Waals surface area contributed by atoms with Crippen LogP contribution < -0.4 is 0 Å². The summed E-state index contributed by atoms with van der Waals surface area (Å²) in [6, 6.07) is 0. The fourth-order valence-electron chi connectivity index (χ4n) is 0.866. The Labute approximate surface area is 90.6 Å². The third-order valence-corrected chi connectivity index (χ3v) is 2.77. The van der Waals surface area contributed by atoms with E-state index in [1.165, 1.54) is 6.92 Å². The van der Waals surface area contributed by atoms with Crippen LogP contribution in [-0.2, 0) is 14.3 Å². The summed E-state index contributed by atoms with van der Waals surface area (Å²) in [7, 11) is 0. The smallest absolute Gasteiger partial charge is 0.309 e. The van der Waals surface area contributed by atoms with Crippen molar-refractivity contribution in [2.75, 3.05) is 0 Å². The van der Waals surface area contributed by atoms with Crippen molar-refractivity contribution < 1.29 is 19.4 Å². The predicted octanol–water partition coefficient (Wildman–Crippen LogP) is 1.93. The van der Waals surface area contributed by atoms with E-state index in [4.69, 9.17) is 9.84 Å². The third kappa shape index (κ3) is 4.32. The Balaban J connectivity index is 4.24. The van der Waals surface area contributed by atoms with Crippen LogP contribution >= 0.6 is 0 Å². The highest BCUT2D eigenvalue weighted by molar-refractivity contribution is 5.74. The first kappa shape index (κ1) is 13.9. The Morgan fingerprint density at radius 3 is 1.80 bits per heavy atom. The van der Waals surface area contributed by atoms with Crippen LogP contribution in [0.25, 0.3) is 0 Å². The Morgan fingerprint density at radius 2 is 1.47 bits per heavy atom. The van der Waals surface area contributed by atoms with Gasteiger partial charge in [-0.15, -0.1) is 0 Å². The summed E-state index contributed by atoms with van der Waals surface area (Å²) in [5, 5.41) is 8.72. The van der Waals surface area contributed by atoms with E-state index in [2.05, 4.69) is 0 Å². The van der Waals surface area contributed by atoms with E-state index in [0.29, 0.717) is 0 Å². The maximum atomic E-state index is 11.5. The van der Waals surface area contributed by atoms with Gasteiger partial charge in [-0.05, 0) is 19.8 Å². The monoisotopic (exact) mass is 216 g/mol. The van der Waals surface area contributed by atoms with Gasteiger partial charge in [0.25, 0.3) is 0 Å². The molecule has 15 heavy (non-hydrogen) atoms. The maximum Gasteiger partial charge on any atom is 0.309 e. The molecule has 0 aromatic heterocycles. The van der Waals surface area contributed by atoms with Crippen LogP contribution in [0.4, 0.5) is 0 Å². The van der Waals surface area contributed by atoms with Gasteiger partial charge in [0.1, 0.15) is 6.10 Å². The van der Waals surface area contributed by atoms with E-state index in [1.54, 1.807) is 13.8 Å². The Hall–Kier alpha value is -1.06. The molecule has 4 heteroatoms. The normalized spacial score (nSPS) is 16.9. The van der Waals surface area contributed by atoms with E-state index in [1.807, 2.05) is 13.8 Å². The molecule has 0 aliphatic carbocycles. The summed E-state index contributed by atoms with van der Waals surface area (Å²) in [6.45, 7) is 8.77. The predicted molar refractivity (Wildman–Crippen MR) is 56.4 cm³/mol. The molecule has 0 spiro atoms. The van der Waals surface area contributed by atoms with Crippen LogP contribution in [0.5, 0.6) is 0 Å². The van der Waals surface area contributed by atoms with Crippen LogP contribution in [0.1, 0.15) is 34.6 Å². The van der Waals surface area contributed by atoms with Gasteiger partial charge in [-0.3, -0.25) is 9.59 Å². The quantitative estimate of drug-likeness (QED) is 0.713. The van der Waals surface area contributed by atoms with Crippen molar-refractivity contribution >= 4 is 11.9 Å². The summed E-state index contributed by atoms with van der Waals surface area (Å²) in [4.78, 5) is 22.1. The topological polar surface area (TPSA) is 63.6 Å². The number of esters is 1. The Bertz CT molecular complexity index is 235. The van der Waals surface area contributed by atoms with Crippen molar-refractivity contribution in [3.05, 3.63) is 0 Å². The van der Waals surface area contributed by atoms with Gasteiger partial charge in [-0.25, -0.2) is 0 Å². The van der Waals surface area contributed by atoms with E-state index >= 15 is 0 Å². The summed E-state index contributed by atoms with van der Waals surface area (Å²) in [6.07, 6.45) is -0.587. The number of rotatable bonds is 5. The molecule has 3 unspecified atom stereocenters. The minimum absolute atomic E-state index is 0.199. The summed E-state index contributed by atoms with van der Waals surface area (Å²) >= 11 is 0. The van der Waals surface area contributed by atoms with Crippen LogP contribution in [-0.4, -0.2) is 23.1 Å². The van der Waals surface area contributed by atoms with Crippen LogP contribution in [0.2, 0.25) is 0 Å². The van der Waals surface area contributed by atoms with Crippen molar-refractivity contribution in [1.82, 2.24) is 0 Å². The molecular formula is C11H20O4. The second-order valence-electron chi connectivity index (χ2n) is 4.30. The van der Waals surface area contributed by atoms with Gasteiger partial charge in [0.15, 0.2) is 0 Å². The zero-order valence-electron chi connectivity index (χ0n) is 9.98. The second-order valence-corrected chi connectivity index (χ2v) is 4.30. The average Bonchev–Trinajstić information content (AvgIpc) is 2.14. The minimum Gasteiger partial charge on any atom is -0.481 e. The van der Waals surface area contributed by atoms with E-state index in [9.17, 15) is 9.59 Å². The summed E-state index contributed by atoms with van der Waals surface area (Å²) in [5.41, 5.74) is 0. The van der Waals surface area contributed by atoms with Gasteiger partial charge in [-0.1, -0.05) is 20.8 Å². The largest absolute Gasteiger partial charge is 0.481 e. The molecule has 0 aromatic carbocycles. The number of aliphatic carboxylic acids is 1. The van der Waals surface area contributed by atoms with Crippen LogP contribution in [0, 0.1) is 17.8 Å². The first-order chi connectivity index (χ1) is 6.77. The third-order valence-electron chi connectivity index (χ3n) is 2.77. The molecule has 0 aliphatic heterocycles. The molecule has 0 fully saturated rings. The number of hydrogen-bond acceptors (Lipinski definition) is 3. The van der Waals surface area contributed by atoms with E-state index in [-0.39, 0.29) is 17.8 Å². The van der Waals surface area contributed by atoms with Crippen molar-refractivity contribution in [3.63, 3.8) is 0 Å². The van der Waals surface area contributed by atoms with Gasteiger partial charge >= 0.3 is 11.9 Å². The highest BCUT2D eigenvalue weighted by Crippen LogP contribution is 2.15. The molecule has 0 aliphatic rings. The fourth-order valence-corrected chi connectivity index (χ4v) is 0.866. The van der Waals surface area contributed by atoms with Crippen molar-refractivity contribution in [2.24, 2.45) is 17.8 Å².